The van der Waals surface area contributed by atoms with Crippen molar-refractivity contribution in [2.45, 2.75) is 32.7 Å². The number of benzene rings is 2. The highest BCUT2D eigenvalue weighted by atomic mass is 35.5. The number of Topliss-reactive ketones (excluding diaryl/α,β-unsaturated/α-hetero) is 1. The molecule has 0 fully saturated rings. The van der Waals surface area contributed by atoms with E-state index in [4.69, 9.17) is 21.1 Å². The largest absolute Gasteiger partial charge is 0.503 e. The van der Waals surface area contributed by atoms with Crippen LogP contribution in [0.3, 0.4) is 0 Å². The summed E-state index contributed by atoms with van der Waals surface area (Å²) in [6.45, 7) is 4.91. The Morgan fingerprint density at radius 2 is 1.97 bits per heavy atom. The number of hydrogen-bond donors (Lipinski definition) is 1. The fourth-order valence-corrected chi connectivity index (χ4v) is 6.23. The van der Waals surface area contributed by atoms with Crippen LogP contribution in [0.1, 0.15) is 48.0 Å². The molecule has 5 rings (SSSR count). The maximum atomic E-state index is 13.6. The van der Waals surface area contributed by atoms with E-state index in [0.717, 1.165) is 17.5 Å². The number of carbonyl (C=O) groups is 2. The first kappa shape index (κ1) is 26.2. The summed E-state index contributed by atoms with van der Waals surface area (Å²) in [6.07, 6.45) is 1.89. The van der Waals surface area contributed by atoms with E-state index in [1.54, 1.807) is 53.9 Å². The van der Waals surface area contributed by atoms with Gasteiger partial charge < -0.3 is 14.6 Å². The number of amides is 1. The zero-order chi connectivity index (χ0) is 26.8. The van der Waals surface area contributed by atoms with Gasteiger partial charge in [0.25, 0.3) is 5.91 Å². The van der Waals surface area contributed by atoms with Gasteiger partial charge in [-0.15, -0.1) is 11.3 Å². The number of ketones is 1. The van der Waals surface area contributed by atoms with Crippen molar-refractivity contribution in [3.05, 3.63) is 80.7 Å². The molecular formula is C28H25ClN2O5S2. The van der Waals surface area contributed by atoms with Gasteiger partial charge in [0.1, 0.15) is 0 Å². The molecule has 7 nitrogen and oxygen atoms in total. The fraction of sp³-hybridized carbons (Fsp3) is 0.250. The number of aliphatic hydroxyl groups excluding tert-OH is 1. The monoisotopic (exact) mass is 568 g/mol. The van der Waals surface area contributed by atoms with Gasteiger partial charge in [-0.3, -0.25) is 14.5 Å². The highest BCUT2D eigenvalue weighted by Gasteiger charge is 2.46. The van der Waals surface area contributed by atoms with E-state index in [1.165, 1.54) is 27.6 Å². The molecule has 1 aliphatic heterocycles. The Morgan fingerprint density at radius 3 is 2.71 bits per heavy atom. The molecule has 2 aromatic heterocycles. The van der Waals surface area contributed by atoms with E-state index in [1.807, 2.05) is 6.92 Å². The van der Waals surface area contributed by atoms with Crippen molar-refractivity contribution < 1.29 is 24.2 Å². The normalized spacial score (nSPS) is 15.5. The van der Waals surface area contributed by atoms with Crippen LogP contribution >= 0.6 is 34.3 Å². The number of carbonyl (C=O) groups excluding carboxylic acids is 2. The summed E-state index contributed by atoms with van der Waals surface area (Å²) < 4.78 is 12.6. The molecule has 38 heavy (non-hydrogen) atoms. The number of anilines is 1. The van der Waals surface area contributed by atoms with Gasteiger partial charge >= 0.3 is 0 Å². The van der Waals surface area contributed by atoms with Crippen molar-refractivity contribution in [1.82, 2.24) is 4.98 Å². The van der Waals surface area contributed by atoms with E-state index in [0.29, 0.717) is 50.8 Å². The smallest absolute Gasteiger partial charge is 0.296 e. The highest BCUT2D eigenvalue weighted by Crippen LogP contribution is 2.46. The van der Waals surface area contributed by atoms with Crippen molar-refractivity contribution in [2.24, 2.45) is 0 Å². The molecule has 0 bridgehead atoms. The molecule has 0 saturated heterocycles. The van der Waals surface area contributed by atoms with Crippen molar-refractivity contribution in [2.75, 3.05) is 18.1 Å². The Bertz CT molecular complexity index is 1530. The molecule has 10 heteroatoms. The molecule has 0 saturated carbocycles. The summed E-state index contributed by atoms with van der Waals surface area (Å²) >= 11 is 8.69. The number of unbranched alkanes of at least 4 members (excludes halogenated alkanes) is 1. The lowest BCUT2D eigenvalue weighted by Gasteiger charge is -2.25. The molecule has 196 valence electrons. The van der Waals surface area contributed by atoms with Crippen molar-refractivity contribution in [3.8, 4) is 11.5 Å². The zero-order valence-corrected chi connectivity index (χ0v) is 23.2. The SMILES string of the molecule is CCCCOc1ccc(C2C(C(=O)c3cccs3)=C(O)C(=O)N2c2nc3ccc(Cl)cc3s2)cc1OCC. The molecule has 0 radical (unpaired) electrons. The number of ether oxygens (including phenoxy) is 2. The lowest BCUT2D eigenvalue weighted by molar-refractivity contribution is -0.117. The third-order valence-corrected chi connectivity index (χ3v) is 8.20. The Labute approximate surface area is 232 Å². The Balaban J connectivity index is 1.64. The summed E-state index contributed by atoms with van der Waals surface area (Å²) in [5.74, 6) is -0.621. The van der Waals surface area contributed by atoms with Crippen molar-refractivity contribution >= 4 is 61.3 Å². The van der Waals surface area contributed by atoms with E-state index < -0.39 is 23.5 Å². The van der Waals surface area contributed by atoms with E-state index in [2.05, 4.69) is 11.9 Å². The number of fused-ring (bicyclic) bond motifs is 1. The van der Waals surface area contributed by atoms with Gasteiger partial charge in [0.2, 0.25) is 5.78 Å². The average Bonchev–Trinajstić information content (AvgIpc) is 3.64. The van der Waals surface area contributed by atoms with Gasteiger partial charge in [-0.2, -0.15) is 0 Å². The van der Waals surface area contributed by atoms with Crippen LogP contribution in [-0.4, -0.2) is 35.0 Å². The molecule has 1 aliphatic rings. The number of rotatable bonds is 10. The van der Waals surface area contributed by atoms with Gasteiger partial charge in [0, 0.05) is 5.02 Å². The lowest BCUT2D eigenvalue weighted by atomic mass is 9.95. The second kappa shape index (κ2) is 11.1. The summed E-state index contributed by atoms with van der Waals surface area (Å²) in [5, 5.41) is 13.7. The first-order valence-corrected chi connectivity index (χ1v) is 14.3. The van der Waals surface area contributed by atoms with Gasteiger partial charge in [0.15, 0.2) is 22.4 Å². The maximum Gasteiger partial charge on any atom is 0.296 e. The van der Waals surface area contributed by atoms with Crippen LogP contribution in [0, 0.1) is 0 Å². The van der Waals surface area contributed by atoms with Crippen LogP contribution in [0.4, 0.5) is 5.13 Å². The van der Waals surface area contributed by atoms with Crippen molar-refractivity contribution in [3.63, 3.8) is 0 Å². The number of nitrogens with zero attached hydrogens (tertiary/aromatic N) is 2. The van der Waals surface area contributed by atoms with E-state index in [9.17, 15) is 14.7 Å². The highest BCUT2D eigenvalue weighted by molar-refractivity contribution is 7.22. The maximum absolute atomic E-state index is 13.6. The number of thiazole rings is 1. The van der Waals surface area contributed by atoms with Gasteiger partial charge in [-0.25, -0.2) is 4.98 Å². The number of halogens is 1. The third kappa shape index (κ3) is 4.89. The van der Waals surface area contributed by atoms with Crippen LogP contribution in [0.25, 0.3) is 10.2 Å². The van der Waals surface area contributed by atoms with Crippen LogP contribution < -0.4 is 14.4 Å². The molecule has 4 aromatic rings. The Morgan fingerprint density at radius 1 is 1.13 bits per heavy atom. The molecule has 1 atom stereocenters. The minimum Gasteiger partial charge on any atom is -0.503 e. The predicted octanol–water partition coefficient (Wildman–Crippen LogP) is 7.37. The quantitative estimate of drug-likeness (QED) is 0.159. The van der Waals surface area contributed by atoms with Gasteiger partial charge in [-0.1, -0.05) is 48.4 Å². The molecule has 1 amide bonds. The summed E-state index contributed by atoms with van der Waals surface area (Å²) in [7, 11) is 0. The standard InChI is InChI=1S/C28H25ClN2O5S2/c1-3-5-12-36-19-11-8-16(14-20(19)35-4-2)24-23(25(32)21-7-6-13-37-21)26(33)27(34)31(24)28-30-18-10-9-17(29)15-22(18)38-28/h6-11,13-15,24,33H,3-5,12H2,1-2H3. The zero-order valence-electron chi connectivity index (χ0n) is 20.8. The molecule has 0 aliphatic carbocycles. The van der Waals surface area contributed by atoms with Crippen LogP contribution in [0.15, 0.2) is 65.2 Å². The van der Waals surface area contributed by atoms with E-state index >= 15 is 0 Å². The fourth-order valence-electron chi connectivity index (χ4n) is 4.29. The number of thiophene rings is 1. The van der Waals surface area contributed by atoms with Gasteiger partial charge in [-0.05, 0) is 60.7 Å². The number of aliphatic hydroxyl groups is 1. The van der Waals surface area contributed by atoms with Crippen molar-refractivity contribution in [1.29, 1.82) is 0 Å². The number of hydrogen-bond acceptors (Lipinski definition) is 8. The summed E-state index contributed by atoms with van der Waals surface area (Å²) in [5.41, 5.74) is 1.25. The molecule has 0 spiro atoms. The molecule has 1 unspecified atom stereocenters. The van der Waals surface area contributed by atoms with Crippen LogP contribution in [0.2, 0.25) is 5.02 Å². The second-order valence-electron chi connectivity index (χ2n) is 8.60. The number of aromatic nitrogens is 1. The molecule has 2 aromatic carbocycles. The lowest BCUT2D eigenvalue weighted by Crippen LogP contribution is -2.31. The molecule has 3 heterocycles. The Kier molecular flexibility index (Phi) is 7.69. The second-order valence-corrected chi connectivity index (χ2v) is 11.0. The third-order valence-electron chi connectivity index (χ3n) is 6.08. The Hall–Kier alpha value is -3.40. The van der Waals surface area contributed by atoms with Crippen LogP contribution in [0.5, 0.6) is 11.5 Å². The molecule has 1 N–H and O–H groups in total. The summed E-state index contributed by atoms with van der Waals surface area (Å²) in [6, 6.07) is 13.1. The topological polar surface area (TPSA) is 89.0 Å². The minimum atomic E-state index is -0.919. The van der Waals surface area contributed by atoms with E-state index in [-0.39, 0.29) is 5.57 Å². The molecular weight excluding hydrogens is 544 g/mol. The first-order valence-electron chi connectivity index (χ1n) is 12.2. The van der Waals surface area contributed by atoms with Crippen LogP contribution in [-0.2, 0) is 4.79 Å². The van der Waals surface area contributed by atoms with Gasteiger partial charge in [0.05, 0.1) is 39.9 Å². The predicted molar refractivity (Wildman–Crippen MR) is 151 cm³/mol. The minimum absolute atomic E-state index is 0.00293. The first-order chi connectivity index (χ1) is 18.4. The summed E-state index contributed by atoms with van der Waals surface area (Å²) in [4.78, 5) is 33.6. The average molecular weight is 569 g/mol.